The topological polar surface area (TPSA) is 76.9 Å². The summed E-state index contributed by atoms with van der Waals surface area (Å²) in [7, 11) is 0. The lowest BCUT2D eigenvalue weighted by molar-refractivity contribution is -0.115. The number of nitrogens with one attached hydrogen (secondary N) is 1. The number of aromatic nitrogens is 3. The molecule has 1 atom stereocenters. The molecule has 0 radical (unpaired) electrons. The number of hydrogen-bond acceptors (Lipinski definition) is 5. The quantitative estimate of drug-likeness (QED) is 0.643. The van der Waals surface area contributed by atoms with Crippen molar-refractivity contribution in [2.24, 2.45) is 0 Å². The highest BCUT2D eigenvalue weighted by Gasteiger charge is 2.29. The van der Waals surface area contributed by atoms with Crippen LogP contribution in [-0.2, 0) is 4.79 Å². The first kappa shape index (κ1) is 16.7. The number of amides is 1. The Morgan fingerprint density at radius 2 is 1.92 bits per heavy atom. The molecule has 1 N–H and O–H groups in total. The second-order valence-electron chi connectivity index (χ2n) is 6.01. The first-order chi connectivity index (χ1) is 11.5. The molecule has 1 heterocycles. The van der Waals surface area contributed by atoms with Crippen LogP contribution < -0.4 is 5.32 Å². The van der Waals surface area contributed by atoms with Crippen LogP contribution in [0.4, 0.5) is 5.69 Å². The van der Waals surface area contributed by atoms with Crippen LogP contribution in [0, 0.1) is 6.92 Å². The van der Waals surface area contributed by atoms with Gasteiger partial charge >= 0.3 is 0 Å². The molecule has 1 aliphatic carbocycles. The van der Waals surface area contributed by atoms with Crippen molar-refractivity contribution in [2.75, 3.05) is 5.32 Å². The maximum Gasteiger partial charge on any atom is 0.237 e. The Kier molecular flexibility index (Phi) is 4.71. The van der Waals surface area contributed by atoms with Crippen molar-refractivity contribution >= 4 is 29.1 Å². The summed E-state index contributed by atoms with van der Waals surface area (Å²) in [5.74, 6) is 0.803. The standard InChI is InChI=1S/C17H20N4O2S/c1-10(22)13-4-6-14(7-5-13)18-16(23)11(2)24-17-20-19-12(3)21(17)15-8-9-15/h4-7,11,15H,8-9H2,1-3H3,(H,18,23)/t11-/m1/s1. The van der Waals surface area contributed by atoms with Gasteiger partial charge in [0.15, 0.2) is 10.9 Å². The third kappa shape index (κ3) is 3.67. The third-order valence-electron chi connectivity index (χ3n) is 3.96. The summed E-state index contributed by atoms with van der Waals surface area (Å²) in [6, 6.07) is 7.38. The van der Waals surface area contributed by atoms with Gasteiger partial charge in [-0.25, -0.2) is 0 Å². The lowest BCUT2D eigenvalue weighted by atomic mass is 10.1. The molecule has 1 saturated carbocycles. The maximum absolute atomic E-state index is 12.4. The fraction of sp³-hybridized carbons (Fsp3) is 0.412. The largest absolute Gasteiger partial charge is 0.325 e. The summed E-state index contributed by atoms with van der Waals surface area (Å²) in [5, 5.41) is 11.7. The van der Waals surface area contributed by atoms with Crippen LogP contribution >= 0.6 is 11.8 Å². The Hall–Kier alpha value is -2.15. The van der Waals surface area contributed by atoms with Crippen LogP contribution in [0.2, 0.25) is 0 Å². The van der Waals surface area contributed by atoms with Crippen LogP contribution in [0.25, 0.3) is 0 Å². The number of thioether (sulfide) groups is 1. The van der Waals surface area contributed by atoms with E-state index in [0.29, 0.717) is 17.3 Å². The van der Waals surface area contributed by atoms with Crippen molar-refractivity contribution in [3.63, 3.8) is 0 Å². The molecule has 126 valence electrons. The van der Waals surface area contributed by atoms with Crippen molar-refractivity contribution in [3.8, 4) is 0 Å². The van der Waals surface area contributed by atoms with Crippen molar-refractivity contribution in [1.29, 1.82) is 0 Å². The fourth-order valence-electron chi connectivity index (χ4n) is 2.43. The highest BCUT2D eigenvalue weighted by Crippen LogP contribution is 2.39. The van der Waals surface area contributed by atoms with Crippen LogP contribution in [-0.4, -0.2) is 31.7 Å². The van der Waals surface area contributed by atoms with E-state index in [1.165, 1.54) is 18.7 Å². The van der Waals surface area contributed by atoms with Gasteiger partial charge < -0.3 is 9.88 Å². The normalized spacial score (nSPS) is 15.1. The number of Topliss-reactive ketones (excluding diaryl/α,β-unsaturated/α-hetero) is 1. The van der Waals surface area contributed by atoms with Gasteiger partial charge in [-0.3, -0.25) is 9.59 Å². The Bertz CT molecular complexity index is 765. The number of ketones is 1. The van der Waals surface area contributed by atoms with E-state index in [4.69, 9.17) is 0 Å². The van der Waals surface area contributed by atoms with Gasteiger partial charge in [0.05, 0.1) is 5.25 Å². The van der Waals surface area contributed by atoms with Gasteiger partial charge in [0.2, 0.25) is 5.91 Å². The number of rotatable bonds is 6. The molecule has 24 heavy (non-hydrogen) atoms. The molecular formula is C17H20N4O2S. The molecule has 0 unspecified atom stereocenters. The van der Waals surface area contributed by atoms with E-state index in [1.54, 1.807) is 24.3 Å². The molecule has 2 aromatic rings. The number of nitrogens with zero attached hydrogens (tertiary/aromatic N) is 3. The molecule has 1 aromatic heterocycles. The summed E-state index contributed by atoms with van der Waals surface area (Å²) in [6.07, 6.45) is 2.30. The molecule has 0 bridgehead atoms. The molecule has 3 rings (SSSR count). The summed E-state index contributed by atoms with van der Waals surface area (Å²) in [6.45, 7) is 5.31. The molecule has 0 aliphatic heterocycles. The van der Waals surface area contributed by atoms with Crippen molar-refractivity contribution in [1.82, 2.24) is 14.8 Å². The number of aryl methyl sites for hydroxylation is 1. The van der Waals surface area contributed by atoms with E-state index in [9.17, 15) is 9.59 Å². The zero-order chi connectivity index (χ0) is 17.3. The fourth-order valence-corrected chi connectivity index (χ4v) is 3.39. The molecule has 1 aromatic carbocycles. The van der Waals surface area contributed by atoms with Gasteiger partial charge in [0.1, 0.15) is 5.82 Å². The Labute approximate surface area is 145 Å². The number of anilines is 1. The molecule has 1 aliphatic rings. The molecule has 0 spiro atoms. The highest BCUT2D eigenvalue weighted by molar-refractivity contribution is 8.00. The molecule has 1 fully saturated rings. The van der Waals surface area contributed by atoms with Gasteiger partial charge in [-0.15, -0.1) is 10.2 Å². The minimum absolute atomic E-state index is 0.00609. The van der Waals surface area contributed by atoms with E-state index < -0.39 is 0 Å². The average Bonchev–Trinajstić information content (AvgIpc) is 3.32. The van der Waals surface area contributed by atoms with Gasteiger partial charge in [-0.1, -0.05) is 11.8 Å². The average molecular weight is 344 g/mol. The smallest absolute Gasteiger partial charge is 0.237 e. The van der Waals surface area contributed by atoms with E-state index in [0.717, 1.165) is 23.8 Å². The highest BCUT2D eigenvalue weighted by atomic mass is 32.2. The molecule has 6 nitrogen and oxygen atoms in total. The summed E-state index contributed by atoms with van der Waals surface area (Å²) >= 11 is 1.42. The predicted octanol–water partition coefficient (Wildman–Crippen LogP) is 3.24. The first-order valence-electron chi connectivity index (χ1n) is 7.95. The number of hydrogen-bond donors (Lipinski definition) is 1. The Morgan fingerprint density at radius 1 is 1.25 bits per heavy atom. The van der Waals surface area contributed by atoms with Crippen LogP contribution in [0.5, 0.6) is 0 Å². The SMILES string of the molecule is CC(=O)c1ccc(NC(=O)[C@@H](C)Sc2nnc(C)n2C2CC2)cc1. The minimum Gasteiger partial charge on any atom is -0.325 e. The van der Waals surface area contributed by atoms with Crippen molar-refractivity contribution in [2.45, 2.75) is 50.1 Å². The van der Waals surface area contributed by atoms with Gasteiger partial charge in [0, 0.05) is 17.3 Å². The number of benzene rings is 1. The molecule has 1 amide bonds. The minimum atomic E-state index is -0.293. The van der Waals surface area contributed by atoms with E-state index in [1.807, 2.05) is 13.8 Å². The number of carbonyl (C=O) groups excluding carboxylic acids is 2. The van der Waals surface area contributed by atoms with Crippen LogP contribution in [0.1, 0.15) is 48.9 Å². The summed E-state index contributed by atoms with van der Waals surface area (Å²) in [4.78, 5) is 23.7. The predicted molar refractivity (Wildman–Crippen MR) is 93.4 cm³/mol. The second-order valence-corrected chi connectivity index (χ2v) is 7.32. The zero-order valence-corrected chi connectivity index (χ0v) is 14.8. The van der Waals surface area contributed by atoms with Gasteiger partial charge in [-0.05, 0) is 57.9 Å². The zero-order valence-electron chi connectivity index (χ0n) is 13.9. The first-order valence-corrected chi connectivity index (χ1v) is 8.83. The Balaban J connectivity index is 1.63. The van der Waals surface area contributed by atoms with E-state index in [2.05, 4.69) is 20.1 Å². The van der Waals surface area contributed by atoms with Crippen LogP contribution in [0.3, 0.4) is 0 Å². The summed E-state index contributed by atoms with van der Waals surface area (Å²) in [5.41, 5.74) is 1.31. The van der Waals surface area contributed by atoms with E-state index >= 15 is 0 Å². The van der Waals surface area contributed by atoms with E-state index in [-0.39, 0.29) is 16.9 Å². The lowest BCUT2D eigenvalue weighted by Gasteiger charge is -2.13. The van der Waals surface area contributed by atoms with Crippen molar-refractivity contribution < 1.29 is 9.59 Å². The lowest BCUT2D eigenvalue weighted by Crippen LogP contribution is -2.23. The Morgan fingerprint density at radius 3 is 2.50 bits per heavy atom. The maximum atomic E-state index is 12.4. The van der Waals surface area contributed by atoms with Gasteiger partial charge in [0.25, 0.3) is 0 Å². The number of carbonyl (C=O) groups is 2. The van der Waals surface area contributed by atoms with Gasteiger partial charge in [-0.2, -0.15) is 0 Å². The summed E-state index contributed by atoms with van der Waals surface area (Å²) < 4.78 is 2.12. The monoisotopic (exact) mass is 344 g/mol. The van der Waals surface area contributed by atoms with Crippen molar-refractivity contribution in [3.05, 3.63) is 35.7 Å². The molecular weight excluding hydrogens is 324 g/mol. The molecule has 7 heteroatoms. The third-order valence-corrected chi connectivity index (χ3v) is 5.01. The van der Waals surface area contributed by atoms with Crippen LogP contribution in [0.15, 0.2) is 29.4 Å². The molecule has 0 saturated heterocycles. The second kappa shape index (κ2) is 6.76.